The lowest BCUT2D eigenvalue weighted by Crippen LogP contribution is -2.27. The number of benzene rings is 1. The number of carbonyl (C=O) groups excluding carboxylic acids is 3. The Morgan fingerprint density at radius 2 is 1.42 bits per heavy atom. The SMILES string of the molecule is Cc1ccc(C(=O)C[C@@H](CC(=O)OC(C)C)C(=O)OC(C)C)cc1. The fraction of sp³-hybridized carbons (Fsp3) is 0.526. The van der Waals surface area contributed by atoms with Crippen molar-refractivity contribution in [1.29, 1.82) is 0 Å². The number of hydrogen-bond acceptors (Lipinski definition) is 5. The smallest absolute Gasteiger partial charge is 0.310 e. The van der Waals surface area contributed by atoms with Gasteiger partial charge in [0.25, 0.3) is 0 Å². The summed E-state index contributed by atoms with van der Waals surface area (Å²) in [5.74, 6) is -2.09. The summed E-state index contributed by atoms with van der Waals surface area (Å²) in [5.41, 5.74) is 1.56. The Morgan fingerprint density at radius 3 is 1.92 bits per heavy atom. The predicted molar refractivity (Wildman–Crippen MR) is 90.7 cm³/mol. The summed E-state index contributed by atoms with van der Waals surface area (Å²) in [6, 6.07) is 7.10. The van der Waals surface area contributed by atoms with E-state index in [0.717, 1.165) is 5.56 Å². The van der Waals surface area contributed by atoms with Gasteiger partial charge in [-0.2, -0.15) is 0 Å². The van der Waals surface area contributed by atoms with Gasteiger partial charge in [-0.3, -0.25) is 14.4 Å². The summed E-state index contributed by atoms with van der Waals surface area (Å²) in [7, 11) is 0. The number of rotatable bonds is 8. The van der Waals surface area contributed by atoms with Gasteiger partial charge in [0, 0.05) is 12.0 Å². The molecular formula is C19H26O5. The second kappa shape index (κ2) is 9.21. The molecule has 0 saturated heterocycles. The molecule has 0 aliphatic rings. The zero-order chi connectivity index (χ0) is 18.3. The first-order valence-corrected chi connectivity index (χ1v) is 8.19. The van der Waals surface area contributed by atoms with E-state index in [9.17, 15) is 14.4 Å². The van der Waals surface area contributed by atoms with E-state index >= 15 is 0 Å². The van der Waals surface area contributed by atoms with Crippen molar-refractivity contribution in [3.63, 3.8) is 0 Å². The molecule has 0 heterocycles. The third-order valence-corrected chi connectivity index (χ3v) is 3.27. The molecule has 1 aromatic rings. The third kappa shape index (κ3) is 6.94. The van der Waals surface area contributed by atoms with E-state index in [2.05, 4.69) is 0 Å². The molecule has 24 heavy (non-hydrogen) atoms. The lowest BCUT2D eigenvalue weighted by Gasteiger charge is -2.17. The van der Waals surface area contributed by atoms with Crippen molar-refractivity contribution in [2.45, 2.75) is 59.7 Å². The highest BCUT2D eigenvalue weighted by molar-refractivity contribution is 5.98. The summed E-state index contributed by atoms with van der Waals surface area (Å²) in [6.07, 6.45) is -0.828. The largest absolute Gasteiger partial charge is 0.463 e. The summed E-state index contributed by atoms with van der Waals surface area (Å²) >= 11 is 0. The molecule has 0 fully saturated rings. The second-order valence-corrected chi connectivity index (χ2v) is 6.42. The lowest BCUT2D eigenvalue weighted by atomic mass is 9.95. The van der Waals surface area contributed by atoms with Gasteiger partial charge in [-0.25, -0.2) is 0 Å². The minimum absolute atomic E-state index is 0.0815. The van der Waals surface area contributed by atoms with E-state index < -0.39 is 17.9 Å². The number of hydrogen-bond donors (Lipinski definition) is 0. The quantitative estimate of drug-likeness (QED) is 0.538. The highest BCUT2D eigenvalue weighted by atomic mass is 16.5. The Kier molecular flexibility index (Phi) is 7.62. The van der Waals surface area contributed by atoms with Crippen LogP contribution in [-0.2, 0) is 19.1 Å². The van der Waals surface area contributed by atoms with Gasteiger partial charge in [-0.1, -0.05) is 29.8 Å². The van der Waals surface area contributed by atoms with Crippen molar-refractivity contribution in [3.05, 3.63) is 35.4 Å². The van der Waals surface area contributed by atoms with Crippen LogP contribution in [0.5, 0.6) is 0 Å². The van der Waals surface area contributed by atoms with Crippen LogP contribution in [0.15, 0.2) is 24.3 Å². The van der Waals surface area contributed by atoms with E-state index in [0.29, 0.717) is 5.56 Å². The number of carbonyl (C=O) groups is 3. The summed E-state index contributed by atoms with van der Waals surface area (Å²) in [6.45, 7) is 8.85. The number of esters is 2. The molecule has 1 aromatic carbocycles. The van der Waals surface area contributed by atoms with Crippen molar-refractivity contribution >= 4 is 17.7 Å². The van der Waals surface area contributed by atoms with Gasteiger partial charge >= 0.3 is 11.9 Å². The molecule has 0 radical (unpaired) electrons. The molecule has 5 heteroatoms. The van der Waals surface area contributed by atoms with Crippen LogP contribution < -0.4 is 0 Å². The Labute approximate surface area is 143 Å². The Balaban J connectivity index is 2.83. The molecular weight excluding hydrogens is 308 g/mol. The fourth-order valence-corrected chi connectivity index (χ4v) is 2.16. The predicted octanol–water partition coefficient (Wildman–Crippen LogP) is 3.48. The van der Waals surface area contributed by atoms with E-state index in [1.807, 2.05) is 19.1 Å². The minimum atomic E-state index is -0.840. The van der Waals surface area contributed by atoms with Crippen LogP contribution in [0.3, 0.4) is 0 Å². The van der Waals surface area contributed by atoms with Crippen LogP contribution in [0.4, 0.5) is 0 Å². The molecule has 0 aromatic heterocycles. The molecule has 0 aliphatic heterocycles. The highest BCUT2D eigenvalue weighted by Gasteiger charge is 2.28. The van der Waals surface area contributed by atoms with Gasteiger partial charge < -0.3 is 9.47 Å². The molecule has 1 atom stereocenters. The van der Waals surface area contributed by atoms with Crippen molar-refractivity contribution in [2.75, 3.05) is 0 Å². The molecule has 0 N–H and O–H groups in total. The topological polar surface area (TPSA) is 69.7 Å². The maximum Gasteiger partial charge on any atom is 0.310 e. The van der Waals surface area contributed by atoms with Crippen LogP contribution in [-0.4, -0.2) is 29.9 Å². The van der Waals surface area contributed by atoms with Gasteiger partial charge in [0.15, 0.2) is 5.78 Å². The summed E-state index contributed by atoms with van der Waals surface area (Å²) < 4.78 is 10.3. The average molecular weight is 334 g/mol. The number of ketones is 1. The normalized spacial score (nSPS) is 12.1. The molecule has 0 unspecified atom stereocenters. The first-order valence-electron chi connectivity index (χ1n) is 8.19. The van der Waals surface area contributed by atoms with Gasteiger partial charge in [-0.05, 0) is 34.6 Å². The van der Waals surface area contributed by atoms with Crippen molar-refractivity contribution < 1.29 is 23.9 Å². The van der Waals surface area contributed by atoms with Gasteiger partial charge in [0.1, 0.15) is 0 Å². The van der Waals surface area contributed by atoms with Crippen LogP contribution >= 0.6 is 0 Å². The van der Waals surface area contributed by atoms with E-state index in [1.165, 1.54) is 0 Å². The Morgan fingerprint density at radius 1 is 0.875 bits per heavy atom. The Bertz CT molecular complexity index is 572. The van der Waals surface area contributed by atoms with Crippen LogP contribution in [0, 0.1) is 12.8 Å². The minimum Gasteiger partial charge on any atom is -0.463 e. The number of ether oxygens (including phenoxy) is 2. The van der Waals surface area contributed by atoms with E-state index in [4.69, 9.17) is 9.47 Å². The van der Waals surface area contributed by atoms with Crippen LogP contribution in [0.2, 0.25) is 0 Å². The third-order valence-electron chi connectivity index (χ3n) is 3.27. The highest BCUT2D eigenvalue weighted by Crippen LogP contribution is 2.18. The monoisotopic (exact) mass is 334 g/mol. The van der Waals surface area contributed by atoms with Gasteiger partial charge in [0.2, 0.25) is 0 Å². The maximum absolute atomic E-state index is 12.4. The first kappa shape index (κ1) is 19.9. The van der Waals surface area contributed by atoms with Crippen LogP contribution in [0.1, 0.15) is 56.5 Å². The van der Waals surface area contributed by atoms with Gasteiger partial charge in [-0.15, -0.1) is 0 Å². The maximum atomic E-state index is 12.4. The number of aryl methyl sites for hydroxylation is 1. The first-order chi connectivity index (χ1) is 11.2. The summed E-state index contributed by atoms with van der Waals surface area (Å²) in [5, 5.41) is 0. The average Bonchev–Trinajstić information content (AvgIpc) is 2.45. The van der Waals surface area contributed by atoms with Crippen LogP contribution in [0.25, 0.3) is 0 Å². The fourth-order valence-electron chi connectivity index (χ4n) is 2.16. The molecule has 132 valence electrons. The van der Waals surface area contributed by atoms with Crippen molar-refractivity contribution in [2.24, 2.45) is 5.92 Å². The summed E-state index contributed by atoms with van der Waals surface area (Å²) in [4.78, 5) is 36.5. The molecule has 0 amide bonds. The molecule has 0 spiro atoms. The Hall–Kier alpha value is -2.17. The lowest BCUT2D eigenvalue weighted by molar-refractivity contribution is -0.159. The second-order valence-electron chi connectivity index (χ2n) is 6.42. The zero-order valence-corrected chi connectivity index (χ0v) is 15.0. The van der Waals surface area contributed by atoms with Crippen molar-refractivity contribution in [3.8, 4) is 0 Å². The molecule has 0 bridgehead atoms. The molecule has 0 saturated carbocycles. The molecule has 0 aliphatic carbocycles. The molecule has 5 nitrogen and oxygen atoms in total. The number of Topliss-reactive ketones (excluding diaryl/α,β-unsaturated/α-hetero) is 1. The van der Waals surface area contributed by atoms with Crippen molar-refractivity contribution in [1.82, 2.24) is 0 Å². The molecule has 1 rings (SSSR count). The zero-order valence-electron chi connectivity index (χ0n) is 15.0. The van der Waals surface area contributed by atoms with E-state index in [1.54, 1.807) is 39.8 Å². The van der Waals surface area contributed by atoms with Gasteiger partial charge in [0.05, 0.1) is 24.5 Å². The van der Waals surface area contributed by atoms with E-state index in [-0.39, 0.29) is 30.8 Å². The standard InChI is InChI=1S/C19H26O5/c1-12(2)23-18(21)11-16(19(22)24-13(3)4)10-17(20)15-8-6-14(5)7-9-15/h6-9,12-13,16H,10-11H2,1-5H3/t16-/m0/s1.